The van der Waals surface area contributed by atoms with Crippen LogP contribution in [0.15, 0.2) is 248 Å². The molecule has 0 atom stereocenters. The zero-order valence-electron chi connectivity index (χ0n) is 35.3. The molecule has 1 aromatic heterocycles. The number of para-hydroxylation sites is 1. The maximum Gasteiger partial charge on any atom is 0.143 e. The van der Waals surface area contributed by atoms with Gasteiger partial charge in [-0.2, -0.15) is 0 Å². The Balaban J connectivity index is 1.03. The van der Waals surface area contributed by atoms with Gasteiger partial charge in [0.05, 0.1) is 0 Å². The highest BCUT2D eigenvalue weighted by molar-refractivity contribution is 6.16. The summed E-state index contributed by atoms with van der Waals surface area (Å²) in [5, 5.41) is 9.47. The number of allylic oxidation sites excluding steroid dienone is 3. The summed E-state index contributed by atoms with van der Waals surface area (Å²) in [6, 6.07) is 73.9. The molecule has 11 aromatic rings. The van der Waals surface area contributed by atoms with E-state index >= 15 is 0 Å². The van der Waals surface area contributed by atoms with Crippen molar-refractivity contribution in [3.8, 4) is 33.4 Å². The van der Waals surface area contributed by atoms with Crippen molar-refractivity contribution < 1.29 is 4.42 Å². The summed E-state index contributed by atoms with van der Waals surface area (Å²) in [7, 11) is 0. The minimum absolute atomic E-state index is 0.853. The van der Waals surface area contributed by atoms with Crippen molar-refractivity contribution in [2.24, 2.45) is 0 Å². The Morgan fingerprint density at radius 3 is 1.72 bits per heavy atom. The molecule has 2 nitrogen and oxygen atoms in total. The topological polar surface area (TPSA) is 16.4 Å². The van der Waals surface area contributed by atoms with Crippen LogP contribution in [0, 0.1) is 0 Å². The first kappa shape index (κ1) is 38.5. The van der Waals surface area contributed by atoms with Crippen molar-refractivity contribution >= 4 is 77.8 Å². The van der Waals surface area contributed by atoms with Crippen LogP contribution in [0.1, 0.15) is 11.1 Å². The number of nitrogens with zero attached hydrogens (tertiary/aromatic N) is 1. The molecule has 0 aliphatic rings. The summed E-state index contributed by atoms with van der Waals surface area (Å²) in [5.74, 6) is 0. The van der Waals surface area contributed by atoms with Gasteiger partial charge in [-0.1, -0.05) is 195 Å². The second-order valence-corrected chi connectivity index (χ2v) is 16.2. The number of anilines is 2. The highest BCUT2D eigenvalue weighted by Gasteiger charge is 2.18. The minimum Gasteiger partial charge on any atom is -0.455 e. The molecule has 302 valence electrons. The normalized spacial score (nSPS) is 11.9. The highest BCUT2D eigenvalue weighted by atomic mass is 16.3. The van der Waals surface area contributed by atoms with Crippen molar-refractivity contribution in [3.05, 3.63) is 254 Å². The van der Waals surface area contributed by atoms with Crippen molar-refractivity contribution in [1.82, 2.24) is 0 Å². The van der Waals surface area contributed by atoms with Crippen LogP contribution >= 0.6 is 0 Å². The van der Waals surface area contributed by atoms with Crippen LogP contribution in [0.2, 0.25) is 0 Å². The van der Waals surface area contributed by atoms with Gasteiger partial charge in [-0.3, -0.25) is 0 Å². The van der Waals surface area contributed by atoms with Gasteiger partial charge in [0.1, 0.15) is 11.2 Å². The first-order chi connectivity index (χ1) is 31.6. The zero-order valence-corrected chi connectivity index (χ0v) is 35.3. The molecule has 0 N–H and O–H groups in total. The van der Waals surface area contributed by atoms with Crippen LogP contribution in [0.25, 0.3) is 99.8 Å². The van der Waals surface area contributed by atoms with Gasteiger partial charge in [0, 0.05) is 38.8 Å². The number of fused-ring (bicyclic) bond motifs is 8. The van der Waals surface area contributed by atoms with Crippen LogP contribution in [-0.2, 0) is 0 Å². The number of furan rings is 1. The monoisotopic (exact) mass is 817 g/mol. The van der Waals surface area contributed by atoms with Gasteiger partial charge in [-0.05, 0) is 120 Å². The lowest BCUT2D eigenvalue weighted by Gasteiger charge is -2.27. The van der Waals surface area contributed by atoms with Gasteiger partial charge in [-0.15, -0.1) is 0 Å². The zero-order chi connectivity index (χ0) is 43.0. The molecule has 0 fully saturated rings. The van der Waals surface area contributed by atoms with Crippen LogP contribution < -0.4 is 4.90 Å². The van der Waals surface area contributed by atoms with E-state index in [1.807, 2.05) is 18.2 Å². The van der Waals surface area contributed by atoms with Gasteiger partial charge < -0.3 is 9.32 Å². The average Bonchev–Trinajstić information content (AvgIpc) is 3.76. The summed E-state index contributed by atoms with van der Waals surface area (Å²) in [6.07, 6.45) is 10.1. The lowest BCUT2D eigenvalue weighted by molar-refractivity contribution is 0.671. The Kier molecular flexibility index (Phi) is 9.88. The maximum absolute atomic E-state index is 6.82. The van der Waals surface area contributed by atoms with E-state index in [1.54, 1.807) is 0 Å². The summed E-state index contributed by atoms with van der Waals surface area (Å²) < 4.78 is 6.82. The van der Waals surface area contributed by atoms with E-state index in [0.717, 1.165) is 83.2 Å². The Morgan fingerprint density at radius 1 is 0.406 bits per heavy atom. The average molecular weight is 818 g/mol. The smallest absolute Gasteiger partial charge is 0.143 e. The first-order valence-corrected chi connectivity index (χ1v) is 21.7. The molecule has 1 heterocycles. The maximum atomic E-state index is 6.82. The molecule has 10 aromatic carbocycles. The SMILES string of the molecule is C=C/C=C\C(=C\c1cccc2c1oc1c3ccccc3ccc21)N(c1ccc(-c2cccc(-c3ccccc3C=C)c2)cc1)c1ccc(-c2ccc3c(ccc4ccccc43)c2)cc1. The van der Waals surface area contributed by atoms with Crippen LogP contribution in [-0.4, -0.2) is 0 Å². The van der Waals surface area contributed by atoms with Crippen molar-refractivity contribution in [1.29, 1.82) is 0 Å². The third-order valence-electron chi connectivity index (χ3n) is 12.4. The molecule has 0 aliphatic heterocycles. The molecule has 0 spiro atoms. The molecule has 0 bridgehead atoms. The van der Waals surface area contributed by atoms with Crippen LogP contribution in [0.3, 0.4) is 0 Å². The molecule has 64 heavy (non-hydrogen) atoms. The number of hydrogen-bond donors (Lipinski definition) is 0. The van der Waals surface area contributed by atoms with Gasteiger partial charge >= 0.3 is 0 Å². The first-order valence-electron chi connectivity index (χ1n) is 21.7. The Morgan fingerprint density at radius 2 is 0.953 bits per heavy atom. The predicted molar refractivity (Wildman–Crippen MR) is 275 cm³/mol. The van der Waals surface area contributed by atoms with Crippen LogP contribution in [0.4, 0.5) is 11.4 Å². The summed E-state index contributed by atoms with van der Waals surface area (Å²) in [4.78, 5) is 2.31. The minimum atomic E-state index is 0.853. The fourth-order valence-electron chi connectivity index (χ4n) is 9.22. The van der Waals surface area contributed by atoms with E-state index in [0.29, 0.717) is 0 Å². The predicted octanol–water partition coefficient (Wildman–Crippen LogP) is 17.6. The van der Waals surface area contributed by atoms with E-state index < -0.39 is 0 Å². The third-order valence-corrected chi connectivity index (χ3v) is 12.4. The number of rotatable bonds is 10. The Labute approximate surface area is 373 Å². The second-order valence-electron chi connectivity index (χ2n) is 16.2. The molecule has 11 rings (SSSR count). The Bertz CT molecular complexity index is 3640. The van der Waals surface area contributed by atoms with Crippen molar-refractivity contribution in [3.63, 3.8) is 0 Å². The number of hydrogen-bond acceptors (Lipinski definition) is 2. The van der Waals surface area contributed by atoms with Gasteiger partial charge in [0.15, 0.2) is 0 Å². The van der Waals surface area contributed by atoms with E-state index in [9.17, 15) is 0 Å². The van der Waals surface area contributed by atoms with Gasteiger partial charge in [0.25, 0.3) is 0 Å². The lowest BCUT2D eigenvalue weighted by atomic mass is 9.96. The third kappa shape index (κ3) is 6.98. The molecule has 0 aliphatic carbocycles. The van der Waals surface area contributed by atoms with Crippen LogP contribution in [0.5, 0.6) is 0 Å². The molecule has 0 saturated carbocycles. The molecule has 0 saturated heterocycles. The Hall–Kier alpha value is -8.46. The molecule has 0 amide bonds. The fraction of sp³-hybridized carbons (Fsp3) is 0. The van der Waals surface area contributed by atoms with Crippen molar-refractivity contribution in [2.45, 2.75) is 0 Å². The molecule has 0 unspecified atom stereocenters. The number of benzene rings is 10. The standard InChI is InChI=1S/C62H43NO/c1-3-5-20-54(41-51-19-13-24-59-60-38-31-46-16-8-11-23-58(46)62(60)64-61(51)59)63(52-33-27-43(28-34-52)47-17-12-18-49(39-47)55-21-9-6-14-42(55)4-2)53-35-29-44(30-36-53)48-32-37-57-50(40-48)26-25-45-15-7-10-22-56(45)57/h3-41H,1-2H2/b20-5-,54-41-. The van der Waals surface area contributed by atoms with Crippen molar-refractivity contribution in [2.75, 3.05) is 4.90 Å². The quantitative estimate of drug-likeness (QED) is 0.101. The highest BCUT2D eigenvalue weighted by Crippen LogP contribution is 2.40. The van der Waals surface area contributed by atoms with E-state index in [4.69, 9.17) is 4.42 Å². The summed E-state index contributed by atoms with van der Waals surface area (Å²) >= 11 is 0. The van der Waals surface area contributed by atoms with Gasteiger partial charge in [0.2, 0.25) is 0 Å². The van der Waals surface area contributed by atoms with E-state index in [1.165, 1.54) is 32.7 Å². The molecular weight excluding hydrogens is 775 g/mol. The van der Waals surface area contributed by atoms with Gasteiger partial charge in [-0.25, -0.2) is 0 Å². The van der Waals surface area contributed by atoms with E-state index in [-0.39, 0.29) is 0 Å². The molecule has 0 radical (unpaired) electrons. The fourth-order valence-corrected chi connectivity index (χ4v) is 9.22. The molecule has 2 heteroatoms. The summed E-state index contributed by atoms with van der Waals surface area (Å²) in [5.41, 5.74) is 13.8. The largest absolute Gasteiger partial charge is 0.455 e. The lowest BCUT2D eigenvalue weighted by Crippen LogP contribution is -2.15. The molecular formula is C62H43NO. The summed E-state index contributed by atoms with van der Waals surface area (Å²) in [6.45, 7) is 8.12. The second kappa shape index (κ2) is 16.4. The van der Waals surface area contributed by atoms with E-state index in [2.05, 4.69) is 236 Å².